The van der Waals surface area contributed by atoms with Gasteiger partial charge in [0.25, 0.3) is 0 Å². The summed E-state index contributed by atoms with van der Waals surface area (Å²) in [4.78, 5) is 1.59. The number of rotatable bonds is 4. The van der Waals surface area contributed by atoms with E-state index in [9.17, 15) is 0 Å². The van der Waals surface area contributed by atoms with Crippen molar-refractivity contribution in [2.24, 2.45) is 0 Å². The lowest BCUT2D eigenvalue weighted by Gasteiger charge is -2.50. The van der Waals surface area contributed by atoms with E-state index in [2.05, 4.69) is 52.9 Å². The van der Waals surface area contributed by atoms with Crippen LogP contribution in [0.15, 0.2) is 71.2 Å². The molecule has 0 radical (unpaired) electrons. The first kappa shape index (κ1) is 20.4. The van der Waals surface area contributed by atoms with Gasteiger partial charge in [0, 0.05) is 11.1 Å². The van der Waals surface area contributed by atoms with E-state index in [1.807, 2.05) is 31.2 Å². The molecule has 1 spiro atoms. The fourth-order valence-electron chi connectivity index (χ4n) is 5.44. The molecule has 1 atom stereocenters. The highest BCUT2D eigenvalue weighted by Gasteiger charge is 2.53. The van der Waals surface area contributed by atoms with Crippen LogP contribution in [0.4, 0.5) is 0 Å². The van der Waals surface area contributed by atoms with E-state index in [1.54, 1.807) is 12.0 Å². The number of nitrogens with one attached hydrogen (secondary N) is 2. The fourth-order valence-corrected chi connectivity index (χ4v) is 5.44. The normalized spacial score (nSPS) is 26.2. The molecule has 0 amide bonds. The number of likely N-dealkylation sites (tertiary alicyclic amines) is 1. The Hall–Kier alpha value is -3.22. The van der Waals surface area contributed by atoms with Crippen LogP contribution in [0.1, 0.15) is 41.5 Å². The second-order valence-corrected chi connectivity index (χ2v) is 9.26. The molecule has 0 saturated carbocycles. The molecular formula is C27H30N3O3+. The van der Waals surface area contributed by atoms with Gasteiger partial charge < -0.3 is 24.2 Å². The van der Waals surface area contributed by atoms with Gasteiger partial charge in [0.05, 0.1) is 44.8 Å². The van der Waals surface area contributed by atoms with Gasteiger partial charge in [0.2, 0.25) is 0 Å². The van der Waals surface area contributed by atoms with Crippen LogP contribution in [0.25, 0.3) is 5.70 Å². The van der Waals surface area contributed by atoms with Gasteiger partial charge >= 0.3 is 0 Å². The number of ether oxygens (including phenoxy) is 2. The smallest absolute Gasteiger partial charge is 0.191 e. The fraction of sp³-hybridized carbons (Fsp3) is 0.333. The van der Waals surface area contributed by atoms with Crippen LogP contribution in [0.5, 0.6) is 11.5 Å². The summed E-state index contributed by atoms with van der Waals surface area (Å²) in [6.07, 6.45) is 4.10. The third kappa shape index (κ3) is 3.50. The van der Waals surface area contributed by atoms with Gasteiger partial charge in [-0.25, -0.2) is 0 Å². The van der Waals surface area contributed by atoms with Crippen molar-refractivity contribution >= 4 is 5.70 Å². The zero-order chi connectivity index (χ0) is 22.4. The Kier molecular flexibility index (Phi) is 4.93. The quantitative estimate of drug-likeness (QED) is 0.646. The third-order valence-electron chi connectivity index (χ3n) is 7.16. The lowest BCUT2D eigenvalue weighted by atomic mass is 9.92. The van der Waals surface area contributed by atoms with Crippen molar-refractivity contribution in [3.05, 3.63) is 89.4 Å². The monoisotopic (exact) mass is 444 g/mol. The summed E-state index contributed by atoms with van der Waals surface area (Å²) < 4.78 is 18.5. The minimum Gasteiger partial charge on any atom is -0.493 e. The number of benzene rings is 2. The van der Waals surface area contributed by atoms with E-state index in [4.69, 9.17) is 13.9 Å². The van der Waals surface area contributed by atoms with E-state index >= 15 is 0 Å². The van der Waals surface area contributed by atoms with Gasteiger partial charge in [-0.1, -0.05) is 42.5 Å². The molecule has 2 aromatic carbocycles. The first-order valence-electron chi connectivity index (χ1n) is 11.7. The lowest BCUT2D eigenvalue weighted by molar-refractivity contribution is -0.921. The number of hydrazine groups is 1. The molecule has 170 valence electrons. The van der Waals surface area contributed by atoms with Gasteiger partial charge in [-0.05, 0) is 31.2 Å². The number of fused-ring (bicyclic) bond motifs is 4. The summed E-state index contributed by atoms with van der Waals surface area (Å²) in [5.41, 5.74) is 6.70. The molecule has 0 bridgehead atoms. The lowest BCUT2D eigenvalue weighted by Crippen LogP contribution is -3.12. The Morgan fingerprint density at radius 3 is 2.61 bits per heavy atom. The summed E-state index contributed by atoms with van der Waals surface area (Å²) in [5, 5.41) is 2.31. The summed E-state index contributed by atoms with van der Waals surface area (Å²) in [5.74, 6) is 3.42. The number of hydrogen-bond donors (Lipinski definition) is 2. The summed E-state index contributed by atoms with van der Waals surface area (Å²) >= 11 is 0. The van der Waals surface area contributed by atoms with Crippen LogP contribution in [0.2, 0.25) is 0 Å². The van der Waals surface area contributed by atoms with Crippen molar-refractivity contribution in [3.8, 4) is 11.5 Å². The highest BCUT2D eigenvalue weighted by molar-refractivity contribution is 5.65. The Morgan fingerprint density at radius 2 is 1.88 bits per heavy atom. The topological polar surface area (TPSA) is 51.3 Å². The first-order valence-corrected chi connectivity index (χ1v) is 11.7. The van der Waals surface area contributed by atoms with Crippen LogP contribution in [0.3, 0.4) is 0 Å². The average molecular weight is 445 g/mol. The second-order valence-electron chi connectivity index (χ2n) is 9.26. The first-order chi connectivity index (χ1) is 16.1. The van der Waals surface area contributed by atoms with Gasteiger partial charge in [-0.3, -0.25) is 0 Å². The highest BCUT2D eigenvalue weighted by Crippen LogP contribution is 2.50. The Morgan fingerprint density at radius 1 is 1.06 bits per heavy atom. The SMILES string of the molecule is COc1cccc2c1OC1(CC[NH+](Cc3ccccc3)CC1)N1NC(c3ccc(C)o3)=CC21. The number of methoxy groups -OCH3 is 1. The number of furan rings is 1. The minimum atomic E-state index is -0.438. The maximum atomic E-state index is 6.85. The van der Waals surface area contributed by atoms with E-state index in [0.29, 0.717) is 0 Å². The molecule has 6 nitrogen and oxygen atoms in total. The molecular weight excluding hydrogens is 414 g/mol. The van der Waals surface area contributed by atoms with Crippen molar-refractivity contribution in [1.29, 1.82) is 0 Å². The van der Waals surface area contributed by atoms with Crippen molar-refractivity contribution in [3.63, 3.8) is 0 Å². The van der Waals surface area contributed by atoms with Crippen LogP contribution < -0.4 is 19.8 Å². The Balaban J connectivity index is 1.32. The number of hydrogen-bond acceptors (Lipinski definition) is 5. The Labute approximate surface area is 194 Å². The van der Waals surface area contributed by atoms with Gasteiger partial charge in [0.1, 0.15) is 12.3 Å². The summed E-state index contributed by atoms with van der Waals surface area (Å²) in [7, 11) is 1.71. The zero-order valence-corrected chi connectivity index (χ0v) is 19.1. The van der Waals surface area contributed by atoms with Crippen molar-refractivity contribution in [1.82, 2.24) is 10.4 Å². The van der Waals surface area contributed by atoms with Gasteiger partial charge in [-0.15, -0.1) is 0 Å². The molecule has 3 aliphatic heterocycles. The van der Waals surface area contributed by atoms with E-state index in [-0.39, 0.29) is 6.04 Å². The predicted octanol–water partition coefficient (Wildman–Crippen LogP) is 3.47. The molecule has 6 heteroatoms. The van der Waals surface area contributed by atoms with Crippen molar-refractivity contribution < 1.29 is 18.8 Å². The van der Waals surface area contributed by atoms with E-state index < -0.39 is 5.72 Å². The number of nitrogens with zero attached hydrogens (tertiary/aromatic N) is 1. The largest absolute Gasteiger partial charge is 0.493 e. The molecule has 1 aromatic heterocycles. The minimum absolute atomic E-state index is 0.0555. The molecule has 0 aliphatic carbocycles. The molecule has 3 aliphatic rings. The third-order valence-corrected chi connectivity index (χ3v) is 7.16. The summed E-state index contributed by atoms with van der Waals surface area (Å²) in [6.45, 7) is 5.10. The maximum Gasteiger partial charge on any atom is 0.191 e. The van der Waals surface area contributed by atoms with Crippen LogP contribution in [-0.4, -0.2) is 30.9 Å². The molecule has 1 fully saturated rings. The average Bonchev–Trinajstić information content (AvgIpc) is 3.48. The van der Waals surface area contributed by atoms with Gasteiger partial charge in [-0.2, -0.15) is 5.01 Å². The molecule has 1 saturated heterocycles. The second kappa shape index (κ2) is 7.97. The summed E-state index contributed by atoms with van der Waals surface area (Å²) in [6, 6.07) is 21.0. The van der Waals surface area contributed by atoms with Crippen LogP contribution in [-0.2, 0) is 6.54 Å². The van der Waals surface area contributed by atoms with E-state index in [1.165, 1.54) is 5.56 Å². The van der Waals surface area contributed by atoms with Gasteiger partial charge in [0.15, 0.2) is 23.0 Å². The number of aryl methyl sites for hydroxylation is 1. The molecule has 3 aromatic rings. The highest BCUT2D eigenvalue weighted by atomic mass is 16.5. The molecule has 33 heavy (non-hydrogen) atoms. The molecule has 6 rings (SSSR count). The number of para-hydroxylation sites is 1. The Bertz CT molecular complexity index is 1180. The molecule has 1 unspecified atom stereocenters. The van der Waals surface area contributed by atoms with E-state index in [0.717, 1.165) is 66.8 Å². The standard InChI is InChI=1S/C27H29N3O3/c1-19-11-12-24(32-19)22-17-23-21-9-6-10-25(31-2)26(21)33-27(30(23)28-22)13-15-29(16-14-27)18-20-7-4-3-5-8-20/h3-12,17,23,28H,13-16,18H2,1-2H3/p+1. The van der Waals surface area contributed by atoms with Crippen LogP contribution >= 0.6 is 0 Å². The number of quaternary nitrogens is 1. The zero-order valence-electron chi connectivity index (χ0n) is 19.1. The molecule has 2 N–H and O–H groups in total. The van der Waals surface area contributed by atoms with Crippen LogP contribution in [0, 0.1) is 6.92 Å². The van der Waals surface area contributed by atoms with Crippen molar-refractivity contribution in [2.75, 3.05) is 20.2 Å². The maximum absolute atomic E-state index is 6.85. The molecule has 4 heterocycles. The van der Waals surface area contributed by atoms with Crippen molar-refractivity contribution in [2.45, 2.75) is 38.1 Å². The predicted molar refractivity (Wildman–Crippen MR) is 126 cm³/mol. The number of piperidine rings is 1.